The molecule has 0 aromatic heterocycles. The molecule has 1 unspecified atom stereocenters. The summed E-state index contributed by atoms with van der Waals surface area (Å²) >= 11 is 0. The van der Waals surface area contributed by atoms with E-state index >= 15 is 0 Å². The van der Waals surface area contributed by atoms with E-state index in [4.69, 9.17) is 4.74 Å². The number of hydrogen-bond acceptors (Lipinski definition) is 3. The molecule has 0 spiro atoms. The van der Waals surface area contributed by atoms with Crippen LogP contribution in [-0.2, 0) is 9.53 Å². The number of hydrogen-bond donors (Lipinski definition) is 1. The third-order valence-corrected chi connectivity index (χ3v) is 4.08. The van der Waals surface area contributed by atoms with Crippen LogP contribution in [0.5, 0.6) is 0 Å². The van der Waals surface area contributed by atoms with Gasteiger partial charge in [-0.2, -0.15) is 0 Å². The van der Waals surface area contributed by atoms with E-state index in [-0.39, 0.29) is 11.5 Å². The van der Waals surface area contributed by atoms with Gasteiger partial charge >= 0.3 is 0 Å². The van der Waals surface area contributed by atoms with Crippen LogP contribution in [0.2, 0.25) is 0 Å². The van der Waals surface area contributed by atoms with Gasteiger partial charge in [0.1, 0.15) is 0 Å². The third kappa shape index (κ3) is 4.18. The topological polar surface area (TPSA) is 41.6 Å². The highest BCUT2D eigenvalue weighted by molar-refractivity contribution is 5.83. The van der Waals surface area contributed by atoms with E-state index in [1.807, 2.05) is 4.90 Å². The second-order valence-corrected chi connectivity index (χ2v) is 5.90. The second kappa shape index (κ2) is 7.85. The monoisotopic (exact) mass is 270 g/mol. The first kappa shape index (κ1) is 16.4. The van der Waals surface area contributed by atoms with Crippen LogP contribution < -0.4 is 5.32 Å². The maximum absolute atomic E-state index is 13.0. The number of ether oxygens (including phenoxy) is 1. The van der Waals surface area contributed by atoms with E-state index in [1.165, 1.54) is 0 Å². The van der Waals surface area contributed by atoms with E-state index in [0.29, 0.717) is 19.1 Å². The summed E-state index contributed by atoms with van der Waals surface area (Å²) in [7, 11) is 1.69. The fraction of sp³-hybridized carbons (Fsp3) is 0.933. The molecule has 1 N–H and O–H groups in total. The van der Waals surface area contributed by atoms with E-state index in [2.05, 4.69) is 26.1 Å². The molecular formula is C15H30N2O2. The van der Waals surface area contributed by atoms with Gasteiger partial charge in [-0.05, 0) is 39.7 Å². The first-order valence-corrected chi connectivity index (χ1v) is 7.58. The Bertz CT molecular complexity index is 268. The highest BCUT2D eigenvalue weighted by Crippen LogP contribution is 2.34. The quantitative estimate of drug-likeness (QED) is 0.770. The lowest BCUT2D eigenvalue weighted by Crippen LogP contribution is -2.54. The van der Waals surface area contributed by atoms with E-state index < -0.39 is 0 Å². The Hall–Kier alpha value is -0.610. The van der Waals surface area contributed by atoms with Crippen LogP contribution in [0, 0.1) is 5.41 Å². The van der Waals surface area contributed by atoms with Gasteiger partial charge in [-0.1, -0.05) is 13.3 Å². The highest BCUT2D eigenvalue weighted by atomic mass is 16.5. The van der Waals surface area contributed by atoms with E-state index in [0.717, 1.165) is 38.8 Å². The van der Waals surface area contributed by atoms with Crippen molar-refractivity contribution in [3.05, 3.63) is 0 Å². The Kier molecular flexibility index (Phi) is 6.80. The number of piperidine rings is 1. The van der Waals surface area contributed by atoms with Crippen LogP contribution in [0.25, 0.3) is 0 Å². The Labute approximate surface area is 117 Å². The summed E-state index contributed by atoms with van der Waals surface area (Å²) in [6, 6.07) is 0.235. The van der Waals surface area contributed by atoms with Gasteiger partial charge in [0, 0.05) is 26.2 Å². The van der Waals surface area contributed by atoms with Gasteiger partial charge < -0.3 is 15.0 Å². The van der Waals surface area contributed by atoms with Crippen LogP contribution in [0.3, 0.4) is 0 Å². The van der Waals surface area contributed by atoms with Crippen molar-refractivity contribution in [2.24, 2.45) is 5.41 Å². The molecule has 1 rings (SSSR count). The Morgan fingerprint density at radius 3 is 2.68 bits per heavy atom. The predicted octanol–water partition coefficient (Wildman–Crippen LogP) is 2.04. The van der Waals surface area contributed by atoms with Crippen LogP contribution in [0.1, 0.15) is 46.5 Å². The standard InChI is InChI=1S/C15H30N2O2/c1-5-7-15(8-6-9-16-12-15)14(18)17(13(2)3)10-11-19-4/h13,16H,5-12H2,1-4H3. The van der Waals surface area contributed by atoms with Crippen molar-refractivity contribution in [1.82, 2.24) is 10.2 Å². The van der Waals surface area contributed by atoms with Gasteiger partial charge in [-0.15, -0.1) is 0 Å². The number of rotatable bonds is 7. The van der Waals surface area contributed by atoms with E-state index in [9.17, 15) is 4.79 Å². The minimum Gasteiger partial charge on any atom is -0.383 e. The number of methoxy groups -OCH3 is 1. The summed E-state index contributed by atoms with van der Waals surface area (Å²) in [6.07, 6.45) is 4.16. The highest BCUT2D eigenvalue weighted by Gasteiger charge is 2.41. The SMILES string of the molecule is CCCC1(C(=O)N(CCOC)C(C)C)CCCNC1. The second-order valence-electron chi connectivity index (χ2n) is 5.90. The Balaban J connectivity index is 2.82. The molecular weight excluding hydrogens is 240 g/mol. The lowest BCUT2D eigenvalue weighted by atomic mass is 9.75. The molecule has 0 saturated carbocycles. The van der Waals surface area contributed by atoms with Crippen molar-refractivity contribution >= 4 is 5.91 Å². The maximum Gasteiger partial charge on any atom is 0.230 e. The fourth-order valence-corrected chi connectivity index (χ4v) is 3.04. The largest absolute Gasteiger partial charge is 0.383 e. The van der Waals surface area contributed by atoms with E-state index in [1.54, 1.807) is 7.11 Å². The van der Waals surface area contributed by atoms with Gasteiger partial charge in [-0.3, -0.25) is 4.79 Å². The summed E-state index contributed by atoms with van der Waals surface area (Å²) in [5.41, 5.74) is -0.189. The van der Waals surface area contributed by atoms with Crippen molar-refractivity contribution in [2.45, 2.75) is 52.5 Å². The van der Waals surface area contributed by atoms with Crippen molar-refractivity contribution in [3.63, 3.8) is 0 Å². The van der Waals surface area contributed by atoms with Gasteiger partial charge in [-0.25, -0.2) is 0 Å². The zero-order chi connectivity index (χ0) is 14.3. The molecule has 1 atom stereocenters. The first-order valence-electron chi connectivity index (χ1n) is 7.58. The molecule has 0 aliphatic carbocycles. The molecule has 112 valence electrons. The van der Waals surface area contributed by atoms with Gasteiger partial charge in [0.2, 0.25) is 5.91 Å². The molecule has 1 aliphatic rings. The van der Waals surface area contributed by atoms with Crippen LogP contribution in [0.4, 0.5) is 0 Å². The van der Waals surface area contributed by atoms with Crippen LogP contribution in [-0.4, -0.2) is 50.2 Å². The molecule has 1 fully saturated rings. The fourth-order valence-electron chi connectivity index (χ4n) is 3.04. The van der Waals surface area contributed by atoms with Gasteiger partial charge in [0.05, 0.1) is 12.0 Å². The average molecular weight is 270 g/mol. The zero-order valence-electron chi connectivity index (χ0n) is 13.0. The number of carbonyl (C=O) groups is 1. The van der Waals surface area contributed by atoms with Crippen LogP contribution >= 0.6 is 0 Å². The number of carbonyl (C=O) groups excluding carboxylic acids is 1. The molecule has 1 amide bonds. The molecule has 4 heteroatoms. The van der Waals surface area contributed by atoms with Gasteiger partial charge in [0.15, 0.2) is 0 Å². The molecule has 0 aromatic rings. The number of amides is 1. The molecule has 19 heavy (non-hydrogen) atoms. The minimum absolute atomic E-state index is 0.189. The summed E-state index contributed by atoms with van der Waals surface area (Å²) in [6.45, 7) is 9.51. The summed E-state index contributed by atoms with van der Waals surface area (Å²) in [4.78, 5) is 15.0. The summed E-state index contributed by atoms with van der Waals surface area (Å²) in [5.74, 6) is 0.314. The molecule has 0 bridgehead atoms. The predicted molar refractivity (Wildman–Crippen MR) is 78.2 cm³/mol. The summed E-state index contributed by atoms with van der Waals surface area (Å²) in [5, 5.41) is 3.41. The zero-order valence-corrected chi connectivity index (χ0v) is 13.0. The maximum atomic E-state index is 13.0. The molecule has 0 aromatic carbocycles. The lowest BCUT2D eigenvalue weighted by molar-refractivity contribution is -0.146. The van der Waals surface area contributed by atoms with Crippen LogP contribution in [0.15, 0.2) is 0 Å². The lowest BCUT2D eigenvalue weighted by Gasteiger charge is -2.41. The van der Waals surface area contributed by atoms with Crippen molar-refractivity contribution in [3.8, 4) is 0 Å². The Morgan fingerprint density at radius 1 is 1.47 bits per heavy atom. The molecule has 1 aliphatic heterocycles. The average Bonchev–Trinajstić information content (AvgIpc) is 2.40. The minimum atomic E-state index is -0.189. The third-order valence-electron chi connectivity index (χ3n) is 4.08. The molecule has 4 nitrogen and oxygen atoms in total. The normalized spacial score (nSPS) is 23.6. The number of nitrogens with zero attached hydrogens (tertiary/aromatic N) is 1. The molecule has 0 radical (unpaired) electrons. The smallest absolute Gasteiger partial charge is 0.230 e. The number of nitrogens with one attached hydrogen (secondary N) is 1. The van der Waals surface area contributed by atoms with Crippen molar-refractivity contribution in [2.75, 3.05) is 33.4 Å². The Morgan fingerprint density at radius 2 is 2.21 bits per heavy atom. The van der Waals surface area contributed by atoms with Gasteiger partial charge in [0.25, 0.3) is 0 Å². The first-order chi connectivity index (χ1) is 9.07. The van der Waals surface area contributed by atoms with Crippen molar-refractivity contribution < 1.29 is 9.53 Å². The van der Waals surface area contributed by atoms with Crippen molar-refractivity contribution in [1.29, 1.82) is 0 Å². The summed E-state index contributed by atoms with van der Waals surface area (Å²) < 4.78 is 5.14. The molecule has 1 heterocycles. The molecule has 1 saturated heterocycles.